The van der Waals surface area contributed by atoms with Gasteiger partial charge in [0.2, 0.25) is 5.91 Å². The number of nitrogens with one attached hydrogen (secondary N) is 1. The number of hydrogen-bond donors (Lipinski definition) is 1. The Balaban J connectivity index is 1.53. The summed E-state index contributed by atoms with van der Waals surface area (Å²) in [5, 5.41) is 7.48. The van der Waals surface area contributed by atoms with Gasteiger partial charge < -0.3 is 10.1 Å². The van der Waals surface area contributed by atoms with Crippen molar-refractivity contribution in [2.75, 3.05) is 7.11 Å². The first-order chi connectivity index (χ1) is 11.1. The van der Waals surface area contributed by atoms with E-state index >= 15 is 0 Å². The van der Waals surface area contributed by atoms with E-state index in [0.29, 0.717) is 12.5 Å². The molecule has 5 nitrogen and oxygen atoms in total. The fourth-order valence-electron chi connectivity index (χ4n) is 2.97. The molecular weight excluding hydrogens is 290 g/mol. The fraction of sp³-hybridized carbons (Fsp3) is 0.444. The van der Waals surface area contributed by atoms with Gasteiger partial charge in [-0.2, -0.15) is 5.10 Å². The number of benzene rings is 1. The molecule has 122 valence electrons. The Labute approximate surface area is 136 Å². The molecule has 1 amide bonds. The second-order valence-electron chi connectivity index (χ2n) is 6.27. The normalized spacial score (nSPS) is 16.7. The smallest absolute Gasteiger partial charge is 0.241 e. The average molecular weight is 313 g/mol. The highest BCUT2D eigenvalue weighted by Gasteiger charge is 2.19. The molecule has 1 N–H and O–H groups in total. The molecule has 0 fully saturated rings. The molecule has 0 radical (unpaired) electrons. The van der Waals surface area contributed by atoms with Crippen LogP contribution in [0.5, 0.6) is 5.75 Å². The topological polar surface area (TPSA) is 56.1 Å². The van der Waals surface area contributed by atoms with Gasteiger partial charge in [-0.15, -0.1) is 0 Å². The molecule has 1 unspecified atom stereocenters. The van der Waals surface area contributed by atoms with E-state index in [1.54, 1.807) is 11.8 Å². The lowest BCUT2D eigenvalue weighted by Gasteiger charge is -2.15. The molecule has 0 saturated carbocycles. The molecule has 2 aromatic rings. The second kappa shape index (κ2) is 6.86. The number of aryl methyl sites for hydroxylation is 1. The SMILES string of the molecule is COc1ccc(CNC(=O)Cn2cc3c(n2)CCC(C)C3)cc1. The predicted molar refractivity (Wildman–Crippen MR) is 88.3 cm³/mol. The Hall–Kier alpha value is -2.30. The lowest BCUT2D eigenvalue weighted by atomic mass is 9.89. The average Bonchev–Trinajstić information content (AvgIpc) is 2.94. The van der Waals surface area contributed by atoms with E-state index in [1.165, 1.54) is 12.0 Å². The van der Waals surface area contributed by atoms with Gasteiger partial charge >= 0.3 is 0 Å². The lowest BCUT2D eigenvalue weighted by molar-refractivity contribution is -0.122. The van der Waals surface area contributed by atoms with Crippen molar-refractivity contribution < 1.29 is 9.53 Å². The van der Waals surface area contributed by atoms with Crippen LogP contribution in [-0.2, 0) is 30.7 Å². The minimum Gasteiger partial charge on any atom is -0.497 e. The number of rotatable bonds is 5. The zero-order valence-electron chi connectivity index (χ0n) is 13.7. The van der Waals surface area contributed by atoms with Gasteiger partial charge in [0.05, 0.1) is 12.8 Å². The molecular formula is C18H23N3O2. The second-order valence-corrected chi connectivity index (χ2v) is 6.27. The molecule has 1 aromatic heterocycles. The molecule has 5 heteroatoms. The van der Waals surface area contributed by atoms with E-state index in [9.17, 15) is 4.79 Å². The van der Waals surface area contributed by atoms with Crippen molar-refractivity contribution in [1.82, 2.24) is 15.1 Å². The summed E-state index contributed by atoms with van der Waals surface area (Å²) in [5.74, 6) is 1.51. The summed E-state index contributed by atoms with van der Waals surface area (Å²) in [6.45, 7) is 3.06. The van der Waals surface area contributed by atoms with Crippen molar-refractivity contribution in [3.05, 3.63) is 47.3 Å². The van der Waals surface area contributed by atoms with Crippen LogP contribution in [0.15, 0.2) is 30.5 Å². The molecule has 0 spiro atoms. The van der Waals surface area contributed by atoms with Gasteiger partial charge in [-0.05, 0) is 48.4 Å². The number of amides is 1. The lowest BCUT2D eigenvalue weighted by Crippen LogP contribution is -2.27. The zero-order valence-corrected chi connectivity index (χ0v) is 13.7. The highest BCUT2D eigenvalue weighted by atomic mass is 16.5. The van der Waals surface area contributed by atoms with Crippen molar-refractivity contribution in [1.29, 1.82) is 0 Å². The summed E-state index contributed by atoms with van der Waals surface area (Å²) in [7, 11) is 1.64. The minimum atomic E-state index is -0.0197. The largest absolute Gasteiger partial charge is 0.497 e. The summed E-state index contributed by atoms with van der Waals surface area (Å²) in [4.78, 5) is 12.1. The standard InChI is InChI=1S/C18H23N3O2/c1-13-3-8-17-15(9-13)11-21(20-17)12-18(22)19-10-14-4-6-16(23-2)7-5-14/h4-7,11,13H,3,8-10,12H2,1-2H3,(H,19,22). The van der Waals surface area contributed by atoms with E-state index in [0.717, 1.165) is 29.8 Å². The number of hydrogen-bond acceptors (Lipinski definition) is 3. The maximum atomic E-state index is 12.1. The minimum absolute atomic E-state index is 0.0197. The Bertz CT molecular complexity index is 676. The monoisotopic (exact) mass is 313 g/mol. The van der Waals surface area contributed by atoms with Crippen LogP contribution in [-0.4, -0.2) is 22.8 Å². The van der Waals surface area contributed by atoms with E-state index < -0.39 is 0 Å². The summed E-state index contributed by atoms with van der Waals surface area (Å²) in [5.41, 5.74) is 3.51. The van der Waals surface area contributed by atoms with Gasteiger partial charge in [0.1, 0.15) is 12.3 Å². The molecule has 1 aromatic carbocycles. The van der Waals surface area contributed by atoms with E-state index in [-0.39, 0.29) is 12.5 Å². The third kappa shape index (κ3) is 3.92. The third-order valence-electron chi connectivity index (χ3n) is 4.32. The summed E-state index contributed by atoms with van der Waals surface area (Å²) < 4.78 is 6.89. The van der Waals surface area contributed by atoms with Crippen molar-refractivity contribution >= 4 is 5.91 Å². The van der Waals surface area contributed by atoms with Crippen LogP contribution >= 0.6 is 0 Å². The first kappa shape index (κ1) is 15.6. The molecule has 0 aliphatic heterocycles. The third-order valence-corrected chi connectivity index (χ3v) is 4.32. The molecule has 1 atom stereocenters. The first-order valence-electron chi connectivity index (χ1n) is 8.09. The van der Waals surface area contributed by atoms with Gasteiger partial charge in [0, 0.05) is 12.7 Å². The van der Waals surface area contributed by atoms with Gasteiger partial charge in [-0.1, -0.05) is 19.1 Å². The molecule has 1 heterocycles. The number of carbonyl (C=O) groups excluding carboxylic acids is 1. The molecule has 1 aliphatic rings. The van der Waals surface area contributed by atoms with Crippen LogP contribution in [0.25, 0.3) is 0 Å². The maximum Gasteiger partial charge on any atom is 0.241 e. The van der Waals surface area contributed by atoms with Gasteiger partial charge in [-0.25, -0.2) is 0 Å². The zero-order chi connectivity index (χ0) is 16.2. The summed E-state index contributed by atoms with van der Waals surface area (Å²) >= 11 is 0. The van der Waals surface area contributed by atoms with Crippen LogP contribution in [0.4, 0.5) is 0 Å². The van der Waals surface area contributed by atoms with Gasteiger partial charge in [0.15, 0.2) is 0 Å². The van der Waals surface area contributed by atoms with Crippen molar-refractivity contribution in [2.45, 2.75) is 39.3 Å². The van der Waals surface area contributed by atoms with E-state index in [4.69, 9.17) is 4.74 Å². The van der Waals surface area contributed by atoms with Crippen molar-refractivity contribution in [3.8, 4) is 5.75 Å². The predicted octanol–water partition coefficient (Wildman–Crippen LogP) is 2.33. The number of nitrogens with zero attached hydrogens (tertiary/aromatic N) is 2. The maximum absolute atomic E-state index is 12.1. The quantitative estimate of drug-likeness (QED) is 0.922. The molecule has 0 saturated heterocycles. The first-order valence-corrected chi connectivity index (χ1v) is 8.09. The number of fused-ring (bicyclic) bond motifs is 1. The molecule has 23 heavy (non-hydrogen) atoms. The summed E-state index contributed by atoms with van der Waals surface area (Å²) in [6, 6.07) is 7.69. The van der Waals surface area contributed by atoms with Crippen LogP contribution in [0.2, 0.25) is 0 Å². The van der Waals surface area contributed by atoms with Crippen LogP contribution in [0, 0.1) is 5.92 Å². The van der Waals surface area contributed by atoms with Gasteiger partial charge in [-0.3, -0.25) is 9.48 Å². The van der Waals surface area contributed by atoms with E-state index in [1.807, 2.05) is 30.5 Å². The van der Waals surface area contributed by atoms with Crippen LogP contribution in [0.1, 0.15) is 30.2 Å². The number of ether oxygens (including phenoxy) is 1. The Morgan fingerprint density at radius 3 is 2.91 bits per heavy atom. The molecule has 3 rings (SSSR count). The Morgan fingerprint density at radius 1 is 1.39 bits per heavy atom. The van der Waals surface area contributed by atoms with Crippen molar-refractivity contribution in [2.24, 2.45) is 5.92 Å². The highest BCUT2D eigenvalue weighted by molar-refractivity contribution is 5.75. The number of aromatic nitrogens is 2. The van der Waals surface area contributed by atoms with Crippen LogP contribution in [0.3, 0.4) is 0 Å². The van der Waals surface area contributed by atoms with Crippen molar-refractivity contribution in [3.63, 3.8) is 0 Å². The summed E-state index contributed by atoms with van der Waals surface area (Å²) in [6.07, 6.45) is 5.31. The fourth-order valence-corrected chi connectivity index (χ4v) is 2.97. The number of methoxy groups -OCH3 is 1. The molecule has 0 bridgehead atoms. The number of carbonyl (C=O) groups is 1. The van der Waals surface area contributed by atoms with Gasteiger partial charge in [0.25, 0.3) is 0 Å². The molecule has 1 aliphatic carbocycles. The Morgan fingerprint density at radius 2 is 2.17 bits per heavy atom. The highest BCUT2D eigenvalue weighted by Crippen LogP contribution is 2.23. The van der Waals surface area contributed by atoms with E-state index in [2.05, 4.69) is 17.3 Å². The Kier molecular flexibility index (Phi) is 4.65. The van der Waals surface area contributed by atoms with Crippen LogP contribution < -0.4 is 10.1 Å².